The van der Waals surface area contributed by atoms with Crippen LogP contribution in [0, 0.1) is 28.6 Å². The average Bonchev–Trinajstić information content (AvgIpc) is 3.30. The van der Waals surface area contributed by atoms with E-state index in [4.69, 9.17) is 4.74 Å². The van der Waals surface area contributed by atoms with E-state index < -0.39 is 16.1 Å². The van der Waals surface area contributed by atoms with Crippen LogP contribution >= 0.6 is 0 Å². The highest BCUT2D eigenvalue weighted by Gasteiger charge is 2.56. The van der Waals surface area contributed by atoms with E-state index in [1.54, 1.807) is 0 Å². The van der Waals surface area contributed by atoms with Crippen LogP contribution in [0.4, 0.5) is 0 Å². The molecule has 1 saturated heterocycles. The second-order valence-corrected chi connectivity index (χ2v) is 19.2. The Morgan fingerprint density at radius 2 is 1.78 bits per heavy atom. The van der Waals surface area contributed by atoms with Gasteiger partial charge in [-0.25, -0.2) is 8.42 Å². The summed E-state index contributed by atoms with van der Waals surface area (Å²) in [6, 6.07) is 16.3. The number of amides is 1. The van der Waals surface area contributed by atoms with Crippen molar-refractivity contribution in [2.45, 2.75) is 112 Å². The number of ether oxygens (including phenoxy) is 1. The number of sulfonamides is 1. The number of hydrogen-bond acceptors (Lipinski definition) is 6. The molecule has 3 aliphatic carbocycles. The molecule has 1 amide bonds. The zero-order valence-corrected chi connectivity index (χ0v) is 32.4. The van der Waals surface area contributed by atoms with Gasteiger partial charge in [0.1, 0.15) is 11.8 Å². The molecule has 1 N–H and O–H groups in total. The lowest BCUT2D eigenvalue weighted by atomic mass is 9.45. The largest absolute Gasteiger partial charge is 0.494 e. The summed E-state index contributed by atoms with van der Waals surface area (Å²) in [6.07, 6.45) is 3.57. The molecule has 0 aromatic heterocycles. The van der Waals surface area contributed by atoms with Crippen LogP contribution in [-0.2, 0) is 34.5 Å². The molecule has 0 radical (unpaired) electrons. The molecule has 272 valence electrons. The summed E-state index contributed by atoms with van der Waals surface area (Å²) in [5.41, 5.74) is 3.65. The fraction of sp³-hybridized carbons (Fsp3) is 0.675. The molecule has 4 fully saturated rings. The second-order valence-electron chi connectivity index (χ2n) is 17.2. The molecule has 49 heavy (non-hydrogen) atoms. The first-order valence-electron chi connectivity index (χ1n) is 18.5. The van der Waals surface area contributed by atoms with Crippen molar-refractivity contribution in [3.63, 3.8) is 0 Å². The van der Waals surface area contributed by atoms with Crippen molar-refractivity contribution in [3.05, 3.63) is 65.2 Å². The SMILES string of the molecule is CCOc1ccccc1CN(Cc1cccc(CN2C(C(=O)N[C@H]3C[C@H]4C[C@@H]([C@@H]3C)C4(C)C)CCS2(=O)=O)c1)[C@H](CN(C)C)CC(C)(C)C. The number of nitrogens with one attached hydrogen (secondary N) is 1. The molecule has 2 bridgehead atoms. The minimum Gasteiger partial charge on any atom is -0.494 e. The van der Waals surface area contributed by atoms with Gasteiger partial charge in [0.2, 0.25) is 15.9 Å². The van der Waals surface area contributed by atoms with Crippen LogP contribution in [0.1, 0.15) is 90.8 Å². The molecular formula is C40H62N4O4S. The second kappa shape index (κ2) is 15.0. The van der Waals surface area contributed by atoms with E-state index >= 15 is 0 Å². The van der Waals surface area contributed by atoms with Gasteiger partial charge in [-0.2, -0.15) is 4.31 Å². The van der Waals surface area contributed by atoms with Crippen LogP contribution in [0.15, 0.2) is 48.5 Å². The Bertz CT molecular complexity index is 1550. The molecule has 1 aliphatic heterocycles. The molecule has 6 rings (SSSR count). The predicted molar refractivity (Wildman–Crippen MR) is 199 cm³/mol. The normalized spacial score (nSPS) is 26.8. The van der Waals surface area contributed by atoms with Gasteiger partial charge in [0, 0.05) is 43.8 Å². The van der Waals surface area contributed by atoms with E-state index in [9.17, 15) is 13.2 Å². The third kappa shape index (κ3) is 8.89. The molecule has 1 unspecified atom stereocenters. The lowest BCUT2D eigenvalue weighted by molar-refractivity contribution is -0.136. The summed E-state index contributed by atoms with van der Waals surface area (Å²) < 4.78 is 34.3. The van der Waals surface area contributed by atoms with E-state index in [1.807, 2.05) is 31.2 Å². The molecule has 2 aromatic carbocycles. The minimum atomic E-state index is -3.55. The van der Waals surface area contributed by atoms with Gasteiger partial charge in [-0.3, -0.25) is 9.69 Å². The van der Waals surface area contributed by atoms with Crippen molar-refractivity contribution in [1.82, 2.24) is 19.4 Å². The van der Waals surface area contributed by atoms with Crippen molar-refractivity contribution in [2.75, 3.05) is 33.0 Å². The van der Waals surface area contributed by atoms with Gasteiger partial charge in [-0.05, 0) is 92.5 Å². The summed E-state index contributed by atoms with van der Waals surface area (Å²) >= 11 is 0. The maximum atomic E-state index is 13.7. The minimum absolute atomic E-state index is 0.00924. The average molecular weight is 695 g/mol. The zero-order chi connectivity index (χ0) is 35.7. The summed E-state index contributed by atoms with van der Waals surface area (Å²) in [5.74, 6) is 2.41. The number of likely N-dealkylation sites (N-methyl/N-ethyl adjacent to an activating group) is 1. The van der Waals surface area contributed by atoms with Crippen molar-refractivity contribution >= 4 is 15.9 Å². The Labute approximate surface area is 297 Å². The van der Waals surface area contributed by atoms with Gasteiger partial charge < -0.3 is 15.0 Å². The smallest absolute Gasteiger partial charge is 0.238 e. The van der Waals surface area contributed by atoms with Gasteiger partial charge in [0.25, 0.3) is 0 Å². The lowest BCUT2D eigenvalue weighted by Gasteiger charge is -2.62. The fourth-order valence-electron chi connectivity index (χ4n) is 8.95. The molecule has 8 nitrogen and oxygen atoms in total. The lowest BCUT2D eigenvalue weighted by Crippen LogP contribution is -2.61. The Hall–Kier alpha value is -2.46. The quantitative estimate of drug-likeness (QED) is 0.242. The number of nitrogens with zero attached hydrogens (tertiary/aromatic N) is 3. The molecule has 4 aliphatic rings. The van der Waals surface area contributed by atoms with Crippen LogP contribution in [0.5, 0.6) is 5.75 Å². The monoisotopic (exact) mass is 694 g/mol. The molecule has 2 aromatic rings. The van der Waals surface area contributed by atoms with Gasteiger partial charge in [-0.1, -0.05) is 84.0 Å². The van der Waals surface area contributed by atoms with Crippen molar-refractivity contribution < 1.29 is 17.9 Å². The number of fused-ring (bicyclic) bond motifs is 2. The number of carbonyl (C=O) groups excluding carboxylic acids is 1. The van der Waals surface area contributed by atoms with Crippen molar-refractivity contribution in [1.29, 1.82) is 0 Å². The van der Waals surface area contributed by atoms with Crippen LogP contribution in [0.3, 0.4) is 0 Å². The highest BCUT2D eigenvalue weighted by Crippen LogP contribution is 2.61. The number of benzene rings is 2. The maximum absolute atomic E-state index is 13.7. The highest BCUT2D eigenvalue weighted by molar-refractivity contribution is 7.89. The maximum Gasteiger partial charge on any atom is 0.238 e. The van der Waals surface area contributed by atoms with Crippen LogP contribution in [-0.4, -0.2) is 79.6 Å². The van der Waals surface area contributed by atoms with Crippen LogP contribution in [0.2, 0.25) is 0 Å². The van der Waals surface area contributed by atoms with E-state index in [1.165, 1.54) is 10.7 Å². The fourth-order valence-corrected chi connectivity index (χ4v) is 10.6. The van der Waals surface area contributed by atoms with Crippen molar-refractivity contribution in [3.8, 4) is 5.75 Å². The zero-order valence-electron chi connectivity index (χ0n) is 31.5. The molecular weight excluding hydrogens is 633 g/mol. The molecule has 6 atom stereocenters. The van der Waals surface area contributed by atoms with Crippen LogP contribution in [0.25, 0.3) is 0 Å². The van der Waals surface area contributed by atoms with Gasteiger partial charge >= 0.3 is 0 Å². The first-order chi connectivity index (χ1) is 23.0. The Balaban J connectivity index is 1.35. The molecule has 0 spiro atoms. The Kier molecular flexibility index (Phi) is 11.6. The first kappa shape index (κ1) is 37.8. The van der Waals surface area contributed by atoms with Gasteiger partial charge in [0.05, 0.1) is 12.4 Å². The number of rotatable bonds is 14. The molecule has 3 saturated carbocycles. The molecule has 1 heterocycles. The van der Waals surface area contributed by atoms with E-state index in [0.29, 0.717) is 42.7 Å². The molecule has 9 heteroatoms. The van der Waals surface area contributed by atoms with Crippen molar-refractivity contribution in [2.24, 2.45) is 28.6 Å². The Morgan fingerprint density at radius 1 is 1.06 bits per heavy atom. The highest BCUT2D eigenvalue weighted by atomic mass is 32.2. The van der Waals surface area contributed by atoms with E-state index in [0.717, 1.165) is 48.4 Å². The van der Waals surface area contributed by atoms with Crippen LogP contribution < -0.4 is 10.1 Å². The van der Waals surface area contributed by atoms with E-state index in [2.05, 4.69) is 95.0 Å². The topological polar surface area (TPSA) is 82.2 Å². The summed E-state index contributed by atoms with van der Waals surface area (Å²) in [4.78, 5) is 18.5. The number of para-hydroxylation sites is 1. The third-order valence-electron chi connectivity index (χ3n) is 11.6. The third-order valence-corrected chi connectivity index (χ3v) is 13.5. The van der Waals surface area contributed by atoms with Gasteiger partial charge in [0.15, 0.2) is 0 Å². The van der Waals surface area contributed by atoms with E-state index in [-0.39, 0.29) is 35.7 Å². The number of carbonyl (C=O) groups is 1. The first-order valence-corrected chi connectivity index (χ1v) is 20.1. The number of hydrogen-bond donors (Lipinski definition) is 1. The summed E-state index contributed by atoms with van der Waals surface area (Å²) in [6.45, 7) is 19.0. The standard InChI is InChI=1S/C40H62N4O4S/c1-10-48-37-17-12-11-16-31(37)26-43(33(27-42(8)9)23-39(3,4)5)24-29-14-13-15-30(20-29)25-44-36(18-19-49(44,46)47)38(45)41-35-22-32-21-34(28(35)2)40(32,6)7/h11-17,20,28,32-36H,10,18-19,21-27H2,1-9H3,(H,41,45)/t28-,32+,33-,34-,35-,36?/m0/s1. The predicted octanol–water partition coefficient (Wildman–Crippen LogP) is 6.54. The Morgan fingerprint density at radius 3 is 2.43 bits per heavy atom. The summed E-state index contributed by atoms with van der Waals surface area (Å²) in [7, 11) is 0.712. The summed E-state index contributed by atoms with van der Waals surface area (Å²) in [5, 5.41) is 3.32. The van der Waals surface area contributed by atoms with Gasteiger partial charge in [-0.15, -0.1) is 0 Å².